The van der Waals surface area contributed by atoms with Crippen molar-refractivity contribution >= 4 is 29.2 Å². The summed E-state index contributed by atoms with van der Waals surface area (Å²) in [4.78, 5) is 10.1. The number of hydrogen-bond acceptors (Lipinski definition) is 4. The van der Waals surface area contributed by atoms with Crippen LogP contribution in [0.4, 0.5) is 11.4 Å². The lowest BCUT2D eigenvalue weighted by atomic mass is 10.2. The van der Waals surface area contributed by atoms with Gasteiger partial charge in [-0.15, -0.1) is 0 Å². The topological polar surface area (TPSA) is 67.5 Å². The molecule has 0 spiro atoms. The summed E-state index contributed by atoms with van der Waals surface area (Å²) in [5.74, 6) is 0. The Morgan fingerprint density at radius 1 is 1.16 bits per heavy atom. The molecular formula is C13H10ClN3O2. The van der Waals surface area contributed by atoms with Gasteiger partial charge in [-0.3, -0.25) is 15.5 Å². The highest BCUT2D eigenvalue weighted by Crippen LogP contribution is 2.20. The van der Waals surface area contributed by atoms with Gasteiger partial charge in [0.1, 0.15) is 0 Å². The van der Waals surface area contributed by atoms with E-state index in [0.29, 0.717) is 10.7 Å². The molecule has 0 radical (unpaired) electrons. The van der Waals surface area contributed by atoms with Crippen LogP contribution < -0.4 is 5.43 Å². The SMILES string of the molecule is O=[N+]([O-])c1ccc(/C=N\Nc2ccccc2Cl)cc1. The number of nitro benzene ring substituents is 1. The fourth-order valence-electron chi connectivity index (χ4n) is 1.41. The maximum Gasteiger partial charge on any atom is 0.269 e. The van der Waals surface area contributed by atoms with Gasteiger partial charge < -0.3 is 0 Å². The van der Waals surface area contributed by atoms with Crippen LogP contribution in [-0.4, -0.2) is 11.1 Å². The van der Waals surface area contributed by atoms with Crippen LogP contribution in [-0.2, 0) is 0 Å². The molecule has 2 rings (SSSR count). The van der Waals surface area contributed by atoms with Crippen LogP contribution in [0.3, 0.4) is 0 Å². The van der Waals surface area contributed by atoms with Gasteiger partial charge in [-0.2, -0.15) is 5.10 Å². The number of nitrogens with one attached hydrogen (secondary N) is 1. The minimum Gasteiger partial charge on any atom is -0.277 e. The van der Waals surface area contributed by atoms with Crippen molar-refractivity contribution in [3.63, 3.8) is 0 Å². The monoisotopic (exact) mass is 275 g/mol. The van der Waals surface area contributed by atoms with Gasteiger partial charge in [0.25, 0.3) is 5.69 Å². The number of non-ortho nitro benzene ring substituents is 1. The van der Waals surface area contributed by atoms with Crippen molar-refractivity contribution in [3.8, 4) is 0 Å². The Hall–Kier alpha value is -2.40. The van der Waals surface area contributed by atoms with Gasteiger partial charge in [0.05, 0.1) is 21.8 Å². The van der Waals surface area contributed by atoms with E-state index in [2.05, 4.69) is 10.5 Å². The van der Waals surface area contributed by atoms with Crippen molar-refractivity contribution in [1.29, 1.82) is 0 Å². The number of para-hydroxylation sites is 1. The molecule has 0 saturated heterocycles. The lowest BCUT2D eigenvalue weighted by Crippen LogP contribution is -1.92. The molecule has 2 aromatic rings. The zero-order valence-electron chi connectivity index (χ0n) is 9.79. The molecule has 6 heteroatoms. The molecule has 2 aromatic carbocycles. The second-order valence-electron chi connectivity index (χ2n) is 3.70. The molecule has 0 unspecified atom stereocenters. The lowest BCUT2D eigenvalue weighted by Gasteiger charge is -2.01. The quantitative estimate of drug-likeness (QED) is 0.525. The summed E-state index contributed by atoms with van der Waals surface area (Å²) >= 11 is 5.95. The third-order valence-corrected chi connectivity index (χ3v) is 2.71. The number of rotatable bonds is 4. The highest BCUT2D eigenvalue weighted by molar-refractivity contribution is 6.33. The zero-order chi connectivity index (χ0) is 13.7. The number of hydrogen-bond donors (Lipinski definition) is 1. The Balaban J connectivity index is 2.03. The summed E-state index contributed by atoms with van der Waals surface area (Å²) in [6.45, 7) is 0. The zero-order valence-corrected chi connectivity index (χ0v) is 10.5. The third-order valence-electron chi connectivity index (χ3n) is 2.38. The van der Waals surface area contributed by atoms with Crippen LogP contribution in [0, 0.1) is 10.1 Å². The highest BCUT2D eigenvalue weighted by atomic mass is 35.5. The Morgan fingerprint density at radius 3 is 2.47 bits per heavy atom. The second kappa shape index (κ2) is 5.97. The molecule has 19 heavy (non-hydrogen) atoms. The first-order chi connectivity index (χ1) is 9.16. The molecule has 0 bridgehead atoms. The average Bonchev–Trinajstić information content (AvgIpc) is 2.41. The molecule has 0 aliphatic heterocycles. The van der Waals surface area contributed by atoms with Crippen molar-refractivity contribution in [2.45, 2.75) is 0 Å². The van der Waals surface area contributed by atoms with Crippen LogP contribution in [0.2, 0.25) is 5.02 Å². The van der Waals surface area contributed by atoms with Crippen LogP contribution >= 0.6 is 11.6 Å². The minimum absolute atomic E-state index is 0.0520. The number of halogens is 1. The molecule has 1 N–H and O–H groups in total. The maximum atomic E-state index is 10.5. The molecule has 0 amide bonds. The van der Waals surface area contributed by atoms with Crippen LogP contribution in [0.5, 0.6) is 0 Å². The van der Waals surface area contributed by atoms with Crippen LogP contribution in [0.15, 0.2) is 53.6 Å². The Kier molecular flexibility index (Phi) is 4.10. The van der Waals surface area contributed by atoms with Crippen molar-refractivity contribution in [3.05, 3.63) is 69.2 Å². The van der Waals surface area contributed by atoms with Crippen molar-refractivity contribution < 1.29 is 4.92 Å². The number of anilines is 1. The predicted octanol–water partition coefficient (Wildman–Crippen LogP) is 3.69. The van der Waals surface area contributed by atoms with E-state index in [1.165, 1.54) is 12.1 Å². The van der Waals surface area contributed by atoms with Crippen LogP contribution in [0.25, 0.3) is 0 Å². The summed E-state index contributed by atoms with van der Waals surface area (Å²) in [5, 5.41) is 15.1. The molecular weight excluding hydrogens is 266 g/mol. The molecule has 0 heterocycles. The summed E-state index contributed by atoms with van der Waals surface area (Å²) in [6.07, 6.45) is 1.56. The van der Waals surface area contributed by atoms with E-state index in [1.54, 1.807) is 30.5 Å². The molecule has 0 atom stereocenters. The standard InChI is InChI=1S/C13H10ClN3O2/c14-12-3-1-2-4-13(12)16-15-9-10-5-7-11(8-6-10)17(18)19/h1-9,16H/b15-9-. The minimum atomic E-state index is -0.442. The van der Waals surface area contributed by atoms with Gasteiger partial charge in [-0.05, 0) is 29.8 Å². The normalized spacial score (nSPS) is 10.6. The first-order valence-corrected chi connectivity index (χ1v) is 5.82. The summed E-state index contributed by atoms with van der Waals surface area (Å²) in [7, 11) is 0. The van der Waals surface area contributed by atoms with E-state index in [-0.39, 0.29) is 5.69 Å². The highest BCUT2D eigenvalue weighted by Gasteiger charge is 2.02. The van der Waals surface area contributed by atoms with Gasteiger partial charge in [0, 0.05) is 12.1 Å². The number of nitrogens with zero attached hydrogens (tertiary/aromatic N) is 2. The third kappa shape index (κ3) is 3.53. The molecule has 0 aliphatic rings. The van der Waals surface area contributed by atoms with E-state index >= 15 is 0 Å². The van der Waals surface area contributed by atoms with Gasteiger partial charge in [-0.1, -0.05) is 23.7 Å². The number of benzene rings is 2. The Labute approximate surface area is 114 Å². The fraction of sp³-hybridized carbons (Fsp3) is 0. The summed E-state index contributed by atoms with van der Waals surface area (Å²) < 4.78 is 0. The molecule has 0 aromatic heterocycles. The largest absolute Gasteiger partial charge is 0.277 e. The van der Waals surface area contributed by atoms with Crippen LogP contribution in [0.1, 0.15) is 5.56 Å². The summed E-state index contributed by atoms with van der Waals surface area (Å²) in [5.41, 5.74) is 4.31. The fourth-order valence-corrected chi connectivity index (χ4v) is 1.59. The second-order valence-corrected chi connectivity index (χ2v) is 4.11. The summed E-state index contributed by atoms with van der Waals surface area (Å²) in [6, 6.07) is 13.3. The lowest BCUT2D eigenvalue weighted by molar-refractivity contribution is -0.384. The van der Waals surface area contributed by atoms with Crippen molar-refractivity contribution in [2.24, 2.45) is 5.10 Å². The van der Waals surface area contributed by atoms with Crippen molar-refractivity contribution in [2.75, 3.05) is 5.43 Å². The van der Waals surface area contributed by atoms with E-state index in [4.69, 9.17) is 11.6 Å². The Bertz CT molecular complexity index is 612. The maximum absolute atomic E-state index is 10.5. The molecule has 5 nitrogen and oxygen atoms in total. The van der Waals surface area contributed by atoms with E-state index < -0.39 is 4.92 Å². The first-order valence-electron chi connectivity index (χ1n) is 5.45. The predicted molar refractivity (Wildman–Crippen MR) is 75.8 cm³/mol. The number of nitro groups is 1. The molecule has 0 aliphatic carbocycles. The first kappa shape index (κ1) is 13.0. The van der Waals surface area contributed by atoms with Gasteiger partial charge >= 0.3 is 0 Å². The van der Waals surface area contributed by atoms with E-state index in [0.717, 1.165) is 5.56 Å². The van der Waals surface area contributed by atoms with Crippen molar-refractivity contribution in [1.82, 2.24) is 0 Å². The van der Waals surface area contributed by atoms with Gasteiger partial charge in [0.15, 0.2) is 0 Å². The number of hydrazone groups is 1. The van der Waals surface area contributed by atoms with E-state index in [1.807, 2.05) is 12.1 Å². The van der Waals surface area contributed by atoms with Gasteiger partial charge in [0.2, 0.25) is 0 Å². The molecule has 0 saturated carbocycles. The van der Waals surface area contributed by atoms with Gasteiger partial charge in [-0.25, -0.2) is 0 Å². The molecule has 96 valence electrons. The average molecular weight is 276 g/mol. The molecule has 0 fully saturated rings. The Morgan fingerprint density at radius 2 is 1.84 bits per heavy atom. The van der Waals surface area contributed by atoms with E-state index in [9.17, 15) is 10.1 Å². The smallest absolute Gasteiger partial charge is 0.269 e.